The Labute approximate surface area is 86.1 Å². The summed E-state index contributed by atoms with van der Waals surface area (Å²) in [5.74, 6) is 0. The van der Waals surface area contributed by atoms with Crippen molar-refractivity contribution >= 4 is 16.5 Å². The second-order valence-electron chi connectivity index (χ2n) is 2.83. The van der Waals surface area contributed by atoms with Gasteiger partial charge < -0.3 is 5.32 Å². The van der Waals surface area contributed by atoms with E-state index in [1.165, 1.54) is 0 Å². The molecule has 0 saturated carbocycles. The predicted octanol–water partition coefficient (Wildman–Crippen LogP) is 2.11. The average Bonchev–Trinajstić information content (AvgIpc) is 2.72. The van der Waals surface area contributed by atoms with Crippen molar-refractivity contribution in [3.63, 3.8) is 0 Å². The lowest BCUT2D eigenvalue weighted by Gasteiger charge is -2.10. The van der Waals surface area contributed by atoms with Crippen molar-refractivity contribution in [3.05, 3.63) is 35.9 Å². The van der Waals surface area contributed by atoms with Crippen LogP contribution in [-0.4, -0.2) is 15.0 Å². The number of hydrogen-bond acceptors (Lipinski definition) is 5. The lowest BCUT2D eigenvalue weighted by molar-refractivity contribution is 0.825. The van der Waals surface area contributed by atoms with Crippen LogP contribution in [0.25, 0.3) is 0 Å². The normalized spacial score (nSPS) is 12.4. The largest absolute Gasteiger partial charge is 0.353 e. The minimum Gasteiger partial charge on any atom is -0.353 e. The smallest absolute Gasteiger partial charge is 0.183 e. The lowest BCUT2D eigenvalue weighted by atomic mass is 10.2. The maximum Gasteiger partial charge on any atom is 0.183 e. The van der Waals surface area contributed by atoms with E-state index in [1.807, 2.05) is 12.3 Å². The molecule has 1 N–H and O–H groups in total. The van der Waals surface area contributed by atoms with Crippen LogP contribution < -0.4 is 5.32 Å². The van der Waals surface area contributed by atoms with E-state index in [1.54, 1.807) is 36.1 Å². The van der Waals surface area contributed by atoms with E-state index < -0.39 is 0 Å². The van der Waals surface area contributed by atoms with E-state index in [4.69, 9.17) is 0 Å². The van der Waals surface area contributed by atoms with E-state index in [0.717, 1.165) is 10.8 Å². The van der Waals surface area contributed by atoms with Gasteiger partial charge in [0, 0.05) is 24.0 Å². The summed E-state index contributed by atoms with van der Waals surface area (Å²) in [5.41, 5.74) is 0.919. The van der Waals surface area contributed by atoms with Crippen LogP contribution in [0.3, 0.4) is 0 Å². The number of thiazole rings is 1. The van der Waals surface area contributed by atoms with Gasteiger partial charge in [0.05, 0.1) is 17.9 Å². The highest BCUT2D eigenvalue weighted by molar-refractivity contribution is 7.13. The molecule has 2 rings (SSSR count). The summed E-state index contributed by atoms with van der Waals surface area (Å²) in [6, 6.07) is 0.134. The molecule has 4 nitrogen and oxygen atoms in total. The monoisotopic (exact) mass is 206 g/mol. The van der Waals surface area contributed by atoms with Crippen LogP contribution in [0.2, 0.25) is 0 Å². The quantitative estimate of drug-likeness (QED) is 0.835. The highest BCUT2D eigenvalue weighted by Gasteiger charge is 2.06. The molecule has 2 aromatic rings. The van der Waals surface area contributed by atoms with Crippen molar-refractivity contribution in [2.45, 2.75) is 13.0 Å². The van der Waals surface area contributed by atoms with Gasteiger partial charge >= 0.3 is 0 Å². The van der Waals surface area contributed by atoms with E-state index in [2.05, 4.69) is 20.3 Å². The fourth-order valence-electron chi connectivity index (χ4n) is 1.09. The minimum absolute atomic E-state index is 0.134. The lowest BCUT2D eigenvalue weighted by Crippen LogP contribution is -2.08. The predicted molar refractivity (Wildman–Crippen MR) is 56.2 cm³/mol. The molecule has 0 radical (unpaired) electrons. The van der Waals surface area contributed by atoms with Gasteiger partial charge in [-0.2, -0.15) is 0 Å². The van der Waals surface area contributed by atoms with E-state index in [9.17, 15) is 0 Å². The molecule has 0 aromatic carbocycles. The van der Waals surface area contributed by atoms with Crippen molar-refractivity contribution in [2.75, 3.05) is 5.32 Å². The standard InChI is InChI=1S/C9H10N4S/c1-7(8-6-10-2-3-11-8)13-9-12-4-5-14-9/h2-7H,1H3,(H,12,13). The molecule has 72 valence electrons. The summed E-state index contributed by atoms with van der Waals surface area (Å²) in [6.07, 6.45) is 6.89. The van der Waals surface area contributed by atoms with Gasteiger partial charge in [0.2, 0.25) is 0 Å². The first kappa shape index (κ1) is 9.08. The molecule has 1 unspecified atom stereocenters. The summed E-state index contributed by atoms with van der Waals surface area (Å²) in [4.78, 5) is 12.4. The molecule has 2 heterocycles. The molecule has 0 aliphatic rings. The number of aromatic nitrogens is 3. The Balaban J connectivity index is 2.07. The van der Waals surface area contributed by atoms with Gasteiger partial charge in [0.25, 0.3) is 0 Å². The van der Waals surface area contributed by atoms with Gasteiger partial charge in [-0.1, -0.05) is 0 Å². The van der Waals surface area contributed by atoms with E-state index in [-0.39, 0.29) is 6.04 Å². The SMILES string of the molecule is CC(Nc1nccs1)c1cnccn1. The number of rotatable bonds is 3. The van der Waals surface area contributed by atoms with Crippen LogP contribution in [0.5, 0.6) is 0 Å². The molecule has 0 spiro atoms. The van der Waals surface area contributed by atoms with Crippen molar-refractivity contribution in [1.29, 1.82) is 0 Å². The molecule has 0 saturated heterocycles. The second-order valence-corrected chi connectivity index (χ2v) is 3.73. The van der Waals surface area contributed by atoms with Gasteiger partial charge in [-0.25, -0.2) is 4.98 Å². The van der Waals surface area contributed by atoms with Crippen LogP contribution in [-0.2, 0) is 0 Å². The molecular weight excluding hydrogens is 196 g/mol. The maximum absolute atomic E-state index is 4.21. The summed E-state index contributed by atoms with van der Waals surface area (Å²) in [5, 5.41) is 6.08. The average molecular weight is 206 g/mol. The minimum atomic E-state index is 0.134. The number of nitrogens with zero attached hydrogens (tertiary/aromatic N) is 3. The molecular formula is C9H10N4S. The van der Waals surface area contributed by atoms with Crippen LogP contribution >= 0.6 is 11.3 Å². The Kier molecular flexibility index (Phi) is 2.69. The first-order valence-corrected chi connectivity index (χ1v) is 5.16. The van der Waals surface area contributed by atoms with Crippen molar-refractivity contribution in [2.24, 2.45) is 0 Å². The maximum atomic E-state index is 4.21. The first-order chi connectivity index (χ1) is 6.86. The molecule has 0 aliphatic carbocycles. The van der Waals surface area contributed by atoms with Crippen molar-refractivity contribution in [1.82, 2.24) is 15.0 Å². The van der Waals surface area contributed by atoms with Gasteiger partial charge in [-0.3, -0.25) is 9.97 Å². The third-order valence-electron chi connectivity index (χ3n) is 1.80. The fraction of sp³-hybridized carbons (Fsp3) is 0.222. The molecule has 14 heavy (non-hydrogen) atoms. The summed E-state index contributed by atoms with van der Waals surface area (Å²) in [6.45, 7) is 2.03. The van der Waals surface area contributed by atoms with Crippen LogP contribution in [0.4, 0.5) is 5.13 Å². The van der Waals surface area contributed by atoms with Gasteiger partial charge in [0.15, 0.2) is 5.13 Å². The molecule has 2 aromatic heterocycles. The Morgan fingerprint density at radius 2 is 2.21 bits per heavy atom. The number of anilines is 1. The topological polar surface area (TPSA) is 50.7 Å². The van der Waals surface area contributed by atoms with Crippen LogP contribution in [0.1, 0.15) is 18.7 Å². The Morgan fingerprint density at radius 1 is 1.29 bits per heavy atom. The number of nitrogens with one attached hydrogen (secondary N) is 1. The second kappa shape index (κ2) is 4.15. The van der Waals surface area contributed by atoms with Gasteiger partial charge in [0.1, 0.15) is 0 Å². The van der Waals surface area contributed by atoms with Crippen LogP contribution in [0, 0.1) is 0 Å². The van der Waals surface area contributed by atoms with E-state index in [0.29, 0.717) is 0 Å². The zero-order valence-electron chi connectivity index (χ0n) is 7.71. The Hall–Kier alpha value is -1.49. The summed E-state index contributed by atoms with van der Waals surface area (Å²) < 4.78 is 0. The highest BCUT2D eigenvalue weighted by Crippen LogP contribution is 2.18. The first-order valence-electron chi connectivity index (χ1n) is 4.28. The molecule has 1 atom stereocenters. The Bertz CT molecular complexity index is 373. The molecule has 0 bridgehead atoms. The molecule has 0 amide bonds. The molecule has 5 heteroatoms. The third-order valence-corrected chi connectivity index (χ3v) is 2.50. The molecule has 0 fully saturated rings. The van der Waals surface area contributed by atoms with E-state index >= 15 is 0 Å². The Morgan fingerprint density at radius 3 is 2.86 bits per heavy atom. The number of hydrogen-bond donors (Lipinski definition) is 1. The van der Waals surface area contributed by atoms with Gasteiger partial charge in [-0.15, -0.1) is 11.3 Å². The van der Waals surface area contributed by atoms with Crippen LogP contribution in [0.15, 0.2) is 30.2 Å². The fourth-order valence-corrected chi connectivity index (χ4v) is 1.71. The third kappa shape index (κ3) is 2.05. The summed E-state index contributed by atoms with van der Waals surface area (Å²) in [7, 11) is 0. The summed E-state index contributed by atoms with van der Waals surface area (Å²) >= 11 is 1.58. The molecule has 0 aliphatic heterocycles. The highest BCUT2D eigenvalue weighted by atomic mass is 32.1. The van der Waals surface area contributed by atoms with Gasteiger partial charge in [-0.05, 0) is 6.92 Å². The zero-order valence-corrected chi connectivity index (χ0v) is 8.53. The zero-order chi connectivity index (χ0) is 9.80. The van der Waals surface area contributed by atoms with Crippen molar-refractivity contribution in [3.8, 4) is 0 Å². The van der Waals surface area contributed by atoms with Crippen molar-refractivity contribution < 1.29 is 0 Å².